The Morgan fingerprint density at radius 3 is 2.52 bits per heavy atom. The lowest BCUT2D eigenvalue weighted by Gasteiger charge is -2.30. The zero-order valence-electron chi connectivity index (χ0n) is 22.8. The summed E-state index contributed by atoms with van der Waals surface area (Å²) in [4.78, 5) is 58.0. The fourth-order valence-electron chi connectivity index (χ4n) is 4.75. The highest BCUT2D eigenvalue weighted by Crippen LogP contribution is 2.34. The quantitative estimate of drug-likeness (QED) is 0.109. The molecular formula is C29H25ClN4O7S. The summed E-state index contributed by atoms with van der Waals surface area (Å²) in [6.45, 7) is 1.81. The molecule has 5 rings (SSSR count). The van der Waals surface area contributed by atoms with Crippen molar-refractivity contribution in [2.75, 3.05) is 25.7 Å². The summed E-state index contributed by atoms with van der Waals surface area (Å²) in [5, 5.41) is 12.1. The van der Waals surface area contributed by atoms with E-state index in [1.807, 2.05) is 19.1 Å². The van der Waals surface area contributed by atoms with Gasteiger partial charge in [-0.2, -0.15) is 0 Å². The number of nitrogens with zero attached hydrogens (tertiary/aromatic N) is 4. The summed E-state index contributed by atoms with van der Waals surface area (Å²) in [5.41, 5.74) is 2.66. The van der Waals surface area contributed by atoms with Crippen LogP contribution in [0, 0.1) is 17.0 Å². The molecule has 0 spiro atoms. The highest BCUT2D eigenvalue weighted by atomic mass is 35.5. The Balaban J connectivity index is 1.43. The van der Waals surface area contributed by atoms with Crippen molar-refractivity contribution in [1.29, 1.82) is 0 Å². The lowest BCUT2D eigenvalue weighted by Crippen LogP contribution is -2.49. The molecule has 0 saturated carbocycles. The topological polar surface area (TPSA) is 132 Å². The number of thiazole rings is 1. The van der Waals surface area contributed by atoms with Crippen LogP contribution in [-0.2, 0) is 19.1 Å². The van der Waals surface area contributed by atoms with E-state index in [4.69, 9.17) is 21.1 Å². The van der Waals surface area contributed by atoms with Crippen LogP contribution in [0.2, 0.25) is 5.02 Å². The molecule has 1 atom stereocenters. The summed E-state index contributed by atoms with van der Waals surface area (Å²) in [6.07, 6.45) is -1.22. The number of ether oxygens (including phenoxy) is 2. The fourth-order valence-corrected chi connectivity index (χ4v) is 6.00. The molecule has 42 heavy (non-hydrogen) atoms. The van der Waals surface area contributed by atoms with Gasteiger partial charge in [-0.3, -0.25) is 24.5 Å². The zero-order valence-corrected chi connectivity index (χ0v) is 24.3. The maximum Gasteiger partial charge on any atom is 0.288 e. The highest BCUT2D eigenvalue weighted by molar-refractivity contribution is 7.21. The number of fused-ring (bicyclic) bond motifs is 1. The van der Waals surface area contributed by atoms with Crippen LogP contribution < -0.4 is 4.90 Å². The van der Waals surface area contributed by atoms with Gasteiger partial charge in [0.05, 0.1) is 33.8 Å². The lowest BCUT2D eigenvalue weighted by molar-refractivity contribution is -0.384. The van der Waals surface area contributed by atoms with Crippen molar-refractivity contribution in [3.05, 3.63) is 86.9 Å². The minimum Gasteiger partial charge on any atom is -0.354 e. The number of carbonyl (C=O) groups excluding carboxylic acids is 3. The molecule has 11 nitrogen and oxygen atoms in total. The molecule has 1 saturated heterocycles. The molecule has 0 bridgehead atoms. The van der Waals surface area contributed by atoms with E-state index in [0.717, 1.165) is 42.2 Å². The number of aryl methyl sites for hydroxylation is 1. The van der Waals surface area contributed by atoms with E-state index < -0.39 is 40.7 Å². The van der Waals surface area contributed by atoms with E-state index in [2.05, 4.69) is 11.1 Å². The normalized spacial score (nSPS) is 15.2. The molecule has 2 heterocycles. The van der Waals surface area contributed by atoms with Gasteiger partial charge in [-0.15, -0.1) is 11.3 Å². The van der Waals surface area contributed by atoms with E-state index in [1.54, 1.807) is 35.6 Å². The lowest BCUT2D eigenvalue weighted by atomic mass is 10.1. The Morgan fingerprint density at radius 1 is 1.14 bits per heavy atom. The average molecular weight is 609 g/mol. The monoisotopic (exact) mass is 608 g/mol. The van der Waals surface area contributed by atoms with E-state index in [1.165, 1.54) is 26.4 Å². The molecule has 0 aliphatic carbocycles. The van der Waals surface area contributed by atoms with Crippen molar-refractivity contribution in [3.8, 4) is 10.6 Å². The number of rotatable bonds is 9. The number of hydrogen-bond donors (Lipinski definition) is 0. The SMILES string of the molecule is COC(CN(C(=O)c1ccc(Cl)c([N+](=O)[O-])c1)C1CC(=O)N(c2ccc(-c3nc4ccc(C)cc4s3)cc2)C1=O)OC. The summed E-state index contributed by atoms with van der Waals surface area (Å²) < 4.78 is 11.6. The average Bonchev–Trinajstić information content (AvgIpc) is 3.53. The van der Waals surface area contributed by atoms with Gasteiger partial charge < -0.3 is 14.4 Å². The van der Waals surface area contributed by atoms with Crippen LogP contribution in [0.25, 0.3) is 20.8 Å². The Bertz CT molecular complexity index is 1700. The van der Waals surface area contributed by atoms with Crippen molar-refractivity contribution in [3.63, 3.8) is 0 Å². The summed E-state index contributed by atoms with van der Waals surface area (Å²) in [7, 11) is 2.73. The Kier molecular flexibility index (Phi) is 8.32. The predicted octanol–water partition coefficient (Wildman–Crippen LogP) is 5.23. The molecular weight excluding hydrogens is 584 g/mol. The third-order valence-corrected chi connectivity index (χ3v) is 8.32. The maximum absolute atomic E-state index is 13.7. The molecule has 4 aromatic rings. The van der Waals surface area contributed by atoms with Crippen LogP contribution in [0.1, 0.15) is 22.3 Å². The number of imide groups is 1. The fraction of sp³-hybridized carbons (Fsp3) is 0.241. The Hall–Kier alpha value is -4.23. The largest absolute Gasteiger partial charge is 0.354 e. The Morgan fingerprint density at radius 2 is 1.86 bits per heavy atom. The molecule has 3 amide bonds. The molecule has 216 valence electrons. The molecule has 0 N–H and O–H groups in total. The first-order valence-corrected chi connectivity index (χ1v) is 14.0. The molecule has 1 aromatic heterocycles. The van der Waals surface area contributed by atoms with Crippen LogP contribution in [0.15, 0.2) is 60.7 Å². The van der Waals surface area contributed by atoms with E-state index in [-0.39, 0.29) is 23.6 Å². The number of nitro benzene ring substituents is 1. The van der Waals surface area contributed by atoms with E-state index in [9.17, 15) is 24.5 Å². The predicted molar refractivity (Wildman–Crippen MR) is 158 cm³/mol. The van der Waals surface area contributed by atoms with Crippen molar-refractivity contribution in [2.24, 2.45) is 0 Å². The second kappa shape index (κ2) is 11.9. The van der Waals surface area contributed by atoms with Gasteiger partial charge in [-0.25, -0.2) is 9.88 Å². The number of nitro groups is 1. The van der Waals surface area contributed by atoms with Gasteiger partial charge in [0.15, 0.2) is 6.29 Å². The van der Waals surface area contributed by atoms with Crippen LogP contribution in [0.5, 0.6) is 0 Å². The molecule has 1 aliphatic rings. The summed E-state index contributed by atoms with van der Waals surface area (Å²) in [5.74, 6) is -1.84. The molecule has 13 heteroatoms. The van der Waals surface area contributed by atoms with Crippen molar-refractivity contribution in [1.82, 2.24) is 9.88 Å². The number of anilines is 1. The first-order chi connectivity index (χ1) is 20.1. The van der Waals surface area contributed by atoms with Gasteiger partial charge in [0.1, 0.15) is 16.1 Å². The summed E-state index contributed by atoms with van der Waals surface area (Å²) >= 11 is 7.47. The van der Waals surface area contributed by atoms with Crippen molar-refractivity contribution < 1.29 is 28.8 Å². The third-order valence-electron chi connectivity index (χ3n) is 6.94. The van der Waals surface area contributed by atoms with Crippen LogP contribution >= 0.6 is 22.9 Å². The number of carbonyl (C=O) groups is 3. The third kappa shape index (κ3) is 5.61. The van der Waals surface area contributed by atoms with Gasteiger partial charge in [-0.05, 0) is 61.0 Å². The number of aromatic nitrogens is 1. The van der Waals surface area contributed by atoms with Gasteiger partial charge in [-0.1, -0.05) is 17.7 Å². The van der Waals surface area contributed by atoms with Crippen LogP contribution in [-0.4, -0.2) is 65.6 Å². The number of benzene rings is 3. The van der Waals surface area contributed by atoms with Gasteiger partial charge >= 0.3 is 0 Å². The number of halogens is 1. The molecule has 1 aliphatic heterocycles. The van der Waals surface area contributed by atoms with E-state index >= 15 is 0 Å². The minimum absolute atomic E-state index is 0.0777. The maximum atomic E-state index is 13.7. The molecule has 1 fully saturated rings. The smallest absolute Gasteiger partial charge is 0.288 e. The number of hydrogen-bond acceptors (Lipinski definition) is 9. The number of methoxy groups -OCH3 is 2. The first kappa shape index (κ1) is 29.3. The van der Waals surface area contributed by atoms with Gasteiger partial charge in [0.25, 0.3) is 17.5 Å². The molecule has 0 radical (unpaired) electrons. The zero-order chi connectivity index (χ0) is 30.1. The molecule has 3 aromatic carbocycles. The van der Waals surface area contributed by atoms with Crippen LogP contribution in [0.4, 0.5) is 11.4 Å². The van der Waals surface area contributed by atoms with Crippen molar-refractivity contribution >= 4 is 62.3 Å². The second-order valence-electron chi connectivity index (χ2n) is 9.61. The van der Waals surface area contributed by atoms with Crippen molar-refractivity contribution in [2.45, 2.75) is 25.7 Å². The number of amides is 3. The standard InChI is InChI=1S/C29H25ClN4O7S/c1-16-4-11-21-24(12-16)42-27(31-21)17-5-8-19(9-6-17)33-25(35)14-23(29(33)37)32(15-26(40-2)41-3)28(36)18-7-10-20(30)22(13-18)34(38)39/h4-13,23,26H,14-15H2,1-3H3. The highest BCUT2D eigenvalue weighted by Gasteiger charge is 2.45. The Labute approximate surface area is 249 Å². The molecule has 1 unspecified atom stereocenters. The second-order valence-corrected chi connectivity index (χ2v) is 11.0. The van der Waals surface area contributed by atoms with Gasteiger partial charge in [0.2, 0.25) is 5.91 Å². The minimum atomic E-state index is -1.19. The summed E-state index contributed by atoms with van der Waals surface area (Å²) in [6, 6.07) is 15.3. The van der Waals surface area contributed by atoms with Crippen LogP contribution in [0.3, 0.4) is 0 Å². The van der Waals surface area contributed by atoms with E-state index in [0.29, 0.717) is 5.69 Å². The van der Waals surface area contributed by atoms with Gasteiger partial charge in [0, 0.05) is 31.4 Å². The first-order valence-electron chi connectivity index (χ1n) is 12.8.